The zero-order valence-corrected chi connectivity index (χ0v) is 11.0. The van der Waals surface area contributed by atoms with Gasteiger partial charge in [-0.2, -0.15) is 0 Å². The molecule has 19 heavy (non-hydrogen) atoms. The molecule has 2 amide bonds. The van der Waals surface area contributed by atoms with Gasteiger partial charge in [0, 0.05) is 13.6 Å². The first-order valence-electron chi connectivity index (χ1n) is 6.35. The molecule has 1 aliphatic heterocycles. The number of ether oxygens (including phenoxy) is 1. The number of likely N-dealkylation sites (N-methyl/N-ethyl adjacent to an activating group) is 1. The van der Waals surface area contributed by atoms with Gasteiger partial charge in [0.1, 0.15) is 0 Å². The first-order chi connectivity index (χ1) is 9.20. The fourth-order valence-electron chi connectivity index (χ4n) is 2.08. The molecular formula is C14H18N2O3. The van der Waals surface area contributed by atoms with E-state index in [2.05, 4.69) is 5.32 Å². The average molecular weight is 262 g/mol. The monoisotopic (exact) mass is 262 g/mol. The molecule has 1 atom stereocenters. The molecule has 1 saturated heterocycles. The second-order valence-corrected chi connectivity index (χ2v) is 4.48. The van der Waals surface area contributed by atoms with Gasteiger partial charge in [-0.05, 0) is 5.56 Å². The minimum absolute atomic E-state index is 0.0309. The number of hydrogen-bond donors (Lipinski definition) is 1. The van der Waals surface area contributed by atoms with Gasteiger partial charge in [-0.1, -0.05) is 30.3 Å². The van der Waals surface area contributed by atoms with Crippen LogP contribution in [0.25, 0.3) is 0 Å². The van der Waals surface area contributed by atoms with Crippen LogP contribution in [-0.2, 0) is 20.7 Å². The van der Waals surface area contributed by atoms with E-state index in [-0.39, 0.29) is 11.8 Å². The number of amides is 2. The van der Waals surface area contributed by atoms with E-state index in [1.165, 1.54) is 0 Å². The van der Waals surface area contributed by atoms with Gasteiger partial charge in [0.15, 0.2) is 6.10 Å². The SMILES string of the molecule is CNC(=O)[C@H]1CN(C(=O)Cc2ccccc2)CCO1. The van der Waals surface area contributed by atoms with Crippen LogP contribution in [0.2, 0.25) is 0 Å². The molecule has 1 aromatic rings. The second kappa shape index (κ2) is 6.33. The Balaban J connectivity index is 1.94. The zero-order chi connectivity index (χ0) is 13.7. The molecule has 0 aliphatic carbocycles. The summed E-state index contributed by atoms with van der Waals surface area (Å²) in [5, 5.41) is 2.54. The highest BCUT2D eigenvalue weighted by atomic mass is 16.5. The largest absolute Gasteiger partial charge is 0.365 e. The molecule has 0 spiro atoms. The molecule has 0 saturated carbocycles. The summed E-state index contributed by atoms with van der Waals surface area (Å²) in [4.78, 5) is 25.4. The highest BCUT2D eigenvalue weighted by Crippen LogP contribution is 2.09. The summed E-state index contributed by atoms with van der Waals surface area (Å²) < 4.78 is 5.36. The third-order valence-electron chi connectivity index (χ3n) is 3.16. The summed E-state index contributed by atoms with van der Waals surface area (Å²) in [6, 6.07) is 9.60. The smallest absolute Gasteiger partial charge is 0.250 e. The van der Waals surface area contributed by atoms with Gasteiger partial charge in [0.2, 0.25) is 5.91 Å². The Morgan fingerprint density at radius 2 is 2.11 bits per heavy atom. The Morgan fingerprint density at radius 3 is 2.79 bits per heavy atom. The van der Waals surface area contributed by atoms with Crippen molar-refractivity contribution in [2.24, 2.45) is 0 Å². The molecule has 5 heteroatoms. The number of morpholine rings is 1. The molecule has 1 heterocycles. The lowest BCUT2D eigenvalue weighted by molar-refractivity contribution is -0.146. The van der Waals surface area contributed by atoms with Gasteiger partial charge in [-0.3, -0.25) is 9.59 Å². The van der Waals surface area contributed by atoms with Crippen LogP contribution in [0.5, 0.6) is 0 Å². The standard InChI is InChI=1S/C14H18N2O3/c1-15-14(18)12-10-16(7-8-19-12)13(17)9-11-5-3-2-4-6-11/h2-6,12H,7-10H2,1H3,(H,15,18)/t12-/m1/s1. The topological polar surface area (TPSA) is 58.6 Å². The normalized spacial score (nSPS) is 19.0. The van der Waals surface area contributed by atoms with Gasteiger partial charge in [-0.25, -0.2) is 0 Å². The van der Waals surface area contributed by atoms with E-state index in [0.717, 1.165) is 5.56 Å². The zero-order valence-electron chi connectivity index (χ0n) is 11.0. The third kappa shape index (κ3) is 3.54. The second-order valence-electron chi connectivity index (χ2n) is 4.48. The fraction of sp³-hybridized carbons (Fsp3) is 0.429. The molecule has 0 aromatic heterocycles. The van der Waals surface area contributed by atoms with E-state index < -0.39 is 6.10 Å². The quantitative estimate of drug-likeness (QED) is 0.846. The van der Waals surface area contributed by atoms with E-state index in [0.29, 0.717) is 26.1 Å². The predicted octanol–water partition coefficient (Wildman–Crippen LogP) is 0.203. The van der Waals surface area contributed by atoms with Gasteiger partial charge in [0.05, 0.1) is 19.6 Å². The van der Waals surface area contributed by atoms with Gasteiger partial charge in [0.25, 0.3) is 5.91 Å². The van der Waals surface area contributed by atoms with Crippen molar-refractivity contribution in [2.75, 3.05) is 26.7 Å². The lowest BCUT2D eigenvalue weighted by Crippen LogP contribution is -2.51. The summed E-state index contributed by atoms with van der Waals surface area (Å²) in [5.74, 6) is -0.152. The Kier molecular flexibility index (Phi) is 4.52. The van der Waals surface area contributed by atoms with E-state index in [9.17, 15) is 9.59 Å². The van der Waals surface area contributed by atoms with Crippen molar-refractivity contribution in [3.63, 3.8) is 0 Å². The first kappa shape index (κ1) is 13.5. The highest BCUT2D eigenvalue weighted by molar-refractivity contribution is 5.83. The summed E-state index contributed by atoms with van der Waals surface area (Å²) in [5.41, 5.74) is 0.982. The lowest BCUT2D eigenvalue weighted by Gasteiger charge is -2.32. The summed E-state index contributed by atoms with van der Waals surface area (Å²) in [6.45, 7) is 1.27. The van der Waals surface area contributed by atoms with E-state index in [1.807, 2.05) is 30.3 Å². The number of nitrogens with zero attached hydrogens (tertiary/aromatic N) is 1. The number of rotatable bonds is 3. The highest BCUT2D eigenvalue weighted by Gasteiger charge is 2.28. The summed E-state index contributed by atoms with van der Waals surface area (Å²) in [7, 11) is 1.57. The van der Waals surface area contributed by atoms with Crippen molar-refractivity contribution in [1.29, 1.82) is 0 Å². The maximum absolute atomic E-state index is 12.2. The van der Waals surface area contributed by atoms with E-state index in [4.69, 9.17) is 4.74 Å². The minimum atomic E-state index is -0.557. The number of carbonyl (C=O) groups is 2. The maximum Gasteiger partial charge on any atom is 0.250 e. The Bertz CT molecular complexity index is 447. The van der Waals surface area contributed by atoms with Crippen molar-refractivity contribution >= 4 is 11.8 Å². The molecule has 1 fully saturated rings. The Labute approximate surface area is 112 Å². The van der Waals surface area contributed by atoms with Crippen LogP contribution < -0.4 is 5.32 Å². The van der Waals surface area contributed by atoms with Crippen molar-refractivity contribution in [2.45, 2.75) is 12.5 Å². The molecule has 0 bridgehead atoms. The first-order valence-corrected chi connectivity index (χ1v) is 6.35. The minimum Gasteiger partial charge on any atom is -0.365 e. The van der Waals surface area contributed by atoms with Crippen LogP contribution in [0, 0.1) is 0 Å². The van der Waals surface area contributed by atoms with Crippen molar-refractivity contribution in [1.82, 2.24) is 10.2 Å². The number of hydrogen-bond acceptors (Lipinski definition) is 3. The van der Waals surface area contributed by atoms with Crippen molar-refractivity contribution in [3.05, 3.63) is 35.9 Å². The van der Waals surface area contributed by atoms with E-state index >= 15 is 0 Å². The molecule has 1 aromatic carbocycles. The third-order valence-corrected chi connectivity index (χ3v) is 3.16. The van der Waals surface area contributed by atoms with Crippen LogP contribution in [0.1, 0.15) is 5.56 Å². The molecule has 102 valence electrons. The molecule has 0 unspecified atom stereocenters. The van der Waals surface area contributed by atoms with Gasteiger partial charge < -0.3 is 15.0 Å². The fourth-order valence-corrected chi connectivity index (χ4v) is 2.08. The van der Waals surface area contributed by atoms with Crippen LogP contribution in [0.15, 0.2) is 30.3 Å². The molecule has 2 rings (SSSR count). The molecule has 1 N–H and O–H groups in total. The number of benzene rings is 1. The van der Waals surface area contributed by atoms with Crippen LogP contribution in [-0.4, -0.2) is 49.6 Å². The van der Waals surface area contributed by atoms with Gasteiger partial charge >= 0.3 is 0 Å². The molecule has 1 aliphatic rings. The predicted molar refractivity (Wildman–Crippen MR) is 70.5 cm³/mol. The molecule has 5 nitrogen and oxygen atoms in total. The van der Waals surface area contributed by atoms with Crippen LogP contribution in [0.3, 0.4) is 0 Å². The van der Waals surface area contributed by atoms with Gasteiger partial charge in [-0.15, -0.1) is 0 Å². The van der Waals surface area contributed by atoms with Crippen molar-refractivity contribution < 1.29 is 14.3 Å². The van der Waals surface area contributed by atoms with E-state index in [1.54, 1.807) is 11.9 Å². The maximum atomic E-state index is 12.2. The number of nitrogens with one attached hydrogen (secondary N) is 1. The van der Waals surface area contributed by atoms with Crippen molar-refractivity contribution in [3.8, 4) is 0 Å². The number of carbonyl (C=O) groups excluding carboxylic acids is 2. The van der Waals surface area contributed by atoms with Crippen LogP contribution in [0.4, 0.5) is 0 Å². The average Bonchev–Trinajstić information content (AvgIpc) is 2.47. The lowest BCUT2D eigenvalue weighted by atomic mass is 10.1. The molecular weight excluding hydrogens is 244 g/mol. The Morgan fingerprint density at radius 1 is 1.37 bits per heavy atom. The summed E-state index contributed by atoms with van der Waals surface area (Å²) >= 11 is 0. The Hall–Kier alpha value is -1.88. The van der Waals surface area contributed by atoms with Crippen LogP contribution >= 0.6 is 0 Å². The summed E-state index contributed by atoms with van der Waals surface area (Å²) in [6.07, 6.45) is -0.195. The molecule has 0 radical (unpaired) electrons.